The molecule has 0 aromatic heterocycles. The number of hydrazine groups is 1. The van der Waals surface area contributed by atoms with Crippen LogP contribution in [0.5, 0.6) is 0 Å². The minimum atomic E-state index is 0.315. The van der Waals surface area contributed by atoms with Crippen LogP contribution in [0.1, 0.15) is 71.9 Å². The van der Waals surface area contributed by atoms with Gasteiger partial charge >= 0.3 is 0 Å². The van der Waals surface area contributed by atoms with Crippen LogP contribution in [0.4, 0.5) is 0 Å². The summed E-state index contributed by atoms with van der Waals surface area (Å²) in [6, 6.07) is 12.6. The highest BCUT2D eigenvalue weighted by Gasteiger charge is 2.29. The van der Waals surface area contributed by atoms with Gasteiger partial charge in [0.15, 0.2) is 0 Å². The molecule has 0 bridgehead atoms. The molecule has 0 aliphatic carbocycles. The molecule has 118 valence electrons. The van der Waals surface area contributed by atoms with Crippen LogP contribution in [-0.2, 0) is 0 Å². The van der Waals surface area contributed by atoms with E-state index in [4.69, 9.17) is 0 Å². The molecule has 3 unspecified atom stereocenters. The van der Waals surface area contributed by atoms with Gasteiger partial charge in [-0.25, -0.2) is 10.4 Å². The molecule has 1 fully saturated rings. The van der Waals surface area contributed by atoms with Crippen LogP contribution in [0.15, 0.2) is 30.3 Å². The molecule has 0 spiro atoms. The van der Waals surface area contributed by atoms with Gasteiger partial charge in [-0.05, 0) is 44.1 Å². The zero-order valence-corrected chi connectivity index (χ0v) is 14.4. The lowest BCUT2D eigenvalue weighted by atomic mass is 9.85. The first-order valence-electron chi connectivity index (χ1n) is 8.46. The van der Waals surface area contributed by atoms with E-state index in [1.165, 1.54) is 24.8 Å². The summed E-state index contributed by atoms with van der Waals surface area (Å²) in [6.07, 6.45) is 5.10. The molecule has 2 rings (SSSR count). The van der Waals surface area contributed by atoms with E-state index in [-0.39, 0.29) is 0 Å². The zero-order chi connectivity index (χ0) is 15.5. The molecule has 21 heavy (non-hydrogen) atoms. The molecule has 3 atom stereocenters. The van der Waals surface area contributed by atoms with Crippen molar-refractivity contribution in [3.05, 3.63) is 35.9 Å². The number of hydrogen-bond acceptors (Lipinski definition) is 2. The molecule has 2 heteroatoms. The molecule has 1 heterocycles. The summed E-state index contributed by atoms with van der Waals surface area (Å²) in [5, 5.41) is 2.51. The van der Waals surface area contributed by atoms with E-state index in [2.05, 4.69) is 75.4 Å². The summed E-state index contributed by atoms with van der Waals surface area (Å²) < 4.78 is 0. The van der Waals surface area contributed by atoms with Crippen LogP contribution in [0.25, 0.3) is 0 Å². The summed E-state index contributed by atoms with van der Waals surface area (Å²) in [5.74, 6) is 0. The van der Waals surface area contributed by atoms with Gasteiger partial charge in [0.1, 0.15) is 0 Å². The Kier molecular flexibility index (Phi) is 5.45. The third kappa shape index (κ3) is 4.82. The third-order valence-electron chi connectivity index (χ3n) is 4.52. The van der Waals surface area contributed by atoms with Crippen molar-refractivity contribution in [2.24, 2.45) is 5.41 Å². The van der Waals surface area contributed by atoms with Crippen molar-refractivity contribution in [2.75, 3.05) is 0 Å². The van der Waals surface area contributed by atoms with Gasteiger partial charge in [-0.3, -0.25) is 0 Å². The first-order valence-corrected chi connectivity index (χ1v) is 8.46. The lowest BCUT2D eigenvalue weighted by Gasteiger charge is -2.42. The fourth-order valence-corrected chi connectivity index (χ4v) is 3.39. The zero-order valence-electron chi connectivity index (χ0n) is 14.4. The van der Waals surface area contributed by atoms with Crippen molar-refractivity contribution in [2.45, 2.75) is 78.4 Å². The van der Waals surface area contributed by atoms with Crippen LogP contribution in [0.2, 0.25) is 0 Å². The predicted molar refractivity (Wildman–Crippen MR) is 91.0 cm³/mol. The second-order valence-electron chi connectivity index (χ2n) is 7.89. The van der Waals surface area contributed by atoms with Crippen LogP contribution < -0.4 is 5.43 Å². The normalized spacial score (nSPS) is 25.8. The molecule has 2 nitrogen and oxygen atoms in total. The average Bonchev–Trinajstić information content (AvgIpc) is 2.41. The summed E-state index contributed by atoms with van der Waals surface area (Å²) in [4.78, 5) is 0. The predicted octanol–water partition coefficient (Wildman–Crippen LogP) is 4.93. The van der Waals surface area contributed by atoms with Gasteiger partial charge in [-0.1, -0.05) is 57.5 Å². The number of nitrogens with one attached hydrogen (secondary N) is 1. The molecule has 1 saturated heterocycles. The van der Waals surface area contributed by atoms with E-state index in [0.717, 1.165) is 6.42 Å². The van der Waals surface area contributed by atoms with Crippen LogP contribution in [-0.4, -0.2) is 17.1 Å². The molecule has 1 N–H and O–H groups in total. The topological polar surface area (TPSA) is 15.3 Å². The van der Waals surface area contributed by atoms with Gasteiger partial charge < -0.3 is 0 Å². The summed E-state index contributed by atoms with van der Waals surface area (Å²) in [5.41, 5.74) is 5.58. The molecular formula is C19H32N2. The minimum Gasteiger partial charge on any atom is -0.247 e. The monoisotopic (exact) mass is 288 g/mol. The fourth-order valence-electron chi connectivity index (χ4n) is 3.39. The maximum Gasteiger partial charge on any atom is 0.0469 e. The minimum absolute atomic E-state index is 0.315. The van der Waals surface area contributed by atoms with Crippen molar-refractivity contribution < 1.29 is 0 Å². The molecule has 0 amide bonds. The SMILES string of the molecule is CC1CCCC(C)N1NC(CC(C)(C)C)c1ccccc1. The van der Waals surface area contributed by atoms with E-state index < -0.39 is 0 Å². The number of benzene rings is 1. The highest BCUT2D eigenvalue weighted by atomic mass is 15.5. The van der Waals surface area contributed by atoms with Gasteiger partial charge in [0.05, 0.1) is 0 Å². The quantitative estimate of drug-likeness (QED) is 0.845. The van der Waals surface area contributed by atoms with Gasteiger partial charge in [-0.15, -0.1) is 0 Å². The van der Waals surface area contributed by atoms with Crippen molar-refractivity contribution >= 4 is 0 Å². The Morgan fingerprint density at radius 2 is 1.67 bits per heavy atom. The van der Waals surface area contributed by atoms with Gasteiger partial charge in [0.2, 0.25) is 0 Å². The maximum absolute atomic E-state index is 3.86. The van der Waals surface area contributed by atoms with Crippen LogP contribution in [0.3, 0.4) is 0 Å². The summed E-state index contributed by atoms with van der Waals surface area (Å²) in [7, 11) is 0. The van der Waals surface area contributed by atoms with Gasteiger partial charge in [-0.2, -0.15) is 0 Å². The maximum atomic E-state index is 3.86. The summed E-state index contributed by atoms with van der Waals surface area (Å²) in [6.45, 7) is 11.7. The van der Waals surface area contributed by atoms with E-state index in [1.54, 1.807) is 0 Å². The molecule has 1 aromatic carbocycles. The molecule has 1 aliphatic rings. The standard InChI is InChI=1S/C19H32N2/c1-15-10-9-11-16(2)21(15)20-18(14-19(3,4)5)17-12-7-6-8-13-17/h6-8,12-13,15-16,18,20H,9-11,14H2,1-5H3. The first kappa shape index (κ1) is 16.5. The average molecular weight is 288 g/mol. The largest absolute Gasteiger partial charge is 0.247 e. The lowest BCUT2D eigenvalue weighted by molar-refractivity contribution is 0.0217. The number of hydrogen-bond donors (Lipinski definition) is 1. The third-order valence-corrected chi connectivity index (χ3v) is 4.52. The highest BCUT2D eigenvalue weighted by Crippen LogP contribution is 2.31. The first-order chi connectivity index (χ1) is 9.87. The van der Waals surface area contributed by atoms with Gasteiger partial charge in [0, 0.05) is 18.1 Å². The second kappa shape index (κ2) is 6.93. The van der Waals surface area contributed by atoms with Crippen molar-refractivity contribution in [1.29, 1.82) is 0 Å². The van der Waals surface area contributed by atoms with Crippen LogP contribution >= 0.6 is 0 Å². The van der Waals surface area contributed by atoms with Gasteiger partial charge in [0.25, 0.3) is 0 Å². The Bertz CT molecular complexity index is 411. The molecule has 0 radical (unpaired) electrons. The Morgan fingerprint density at radius 3 is 2.19 bits per heavy atom. The molecule has 1 aromatic rings. The smallest absolute Gasteiger partial charge is 0.0469 e. The lowest BCUT2D eigenvalue weighted by Crippen LogP contribution is -2.53. The Hall–Kier alpha value is -0.860. The highest BCUT2D eigenvalue weighted by molar-refractivity contribution is 5.19. The number of rotatable bonds is 4. The van der Waals surface area contributed by atoms with Crippen molar-refractivity contribution in [3.63, 3.8) is 0 Å². The molecular weight excluding hydrogens is 256 g/mol. The number of piperidine rings is 1. The van der Waals surface area contributed by atoms with Crippen molar-refractivity contribution in [1.82, 2.24) is 10.4 Å². The Balaban J connectivity index is 2.15. The fraction of sp³-hybridized carbons (Fsp3) is 0.684. The van der Waals surface area contributed by atoms with Crippen molar-refractivity contribution in [3.8, 4) is 0 Å². The van der Waals surface area contributed by atoms with Crippen LogP contribution in [0, 0.1) is 5.41 Å². The molecule has 0 saturated carbocycles. The van der Waals surface area contributed by atoms with E-state index in [0.29, 0.717) is 23.5 Å². The van der Waals surface area contributed by atoms with E-state index >= 15 is 0 Å². The second-order valence-corrected chi connectivity index (χ2v) is 7.89. The van der Waals surface area contributed by atoms with E-state index in [1.807, 2.05) is 0 Å². The number of nitrogens with zero attached hydrogens (tertiary/aromatic N) is 1. The van der Waals surface area contributed by atoms with E-state index in [9.17, 15) is 0 Å². The summed E-state index contributed by atoms with van der Waals surface area (Å²) >= 11 is 0. The molecule has 1 aliphatic heterocycles. The Labute approximate surface area is 130 Å². The Morgan fingerprint density at radius 1 is 1.10 bits per heavy atom.